The van der Waals surface area contributed by atoms with Gasteiger partial charge in [-0.2, -0.15) is 0 Å². The average molecular weight is 192 g/mol. The van der Waals surface area contributed by atoms with Crippen molar-refractivity contribution in [2.45, 2.75) is 39.2 Å². The van der Waals surface area contributed by atoms with Gasteiger partial charge in [0, 0.05) is 7.11 Å². The second kappa shape index (κ2) is 4.61. The summed E-state index contributed by atoms with van der Waals surface area (Å²) in [7, 11) is 1.73. The van der Waals surface area contributed by atoms with Gasteiger partial charge in [-0.1, -0.05) is 45.0 Å². The molecule has 1 nitrogen and oxygen atoms in total. The van der Waals surface area contributed by atoms with E-state index in [9.17, 15) is 0 Å². The number of ether oxygens (including phenoxy) is 1. The smallest absolute Gasteiger partial charge is 0.0713 e. The molecular weight excluding hydrogens is 172 g/mol. The topological polar surface area (TPSA) is 9.23 Å². The molecule has 0 aliphatic carbocycles. The van der Waals surface area contributed by atoms with Crippen LogP contribution in [0.1, 0.15) is 38.3 Å². The number of benzene rings is 1. The van der Waals surface area contributed by atoms with E-state index in [2.05, 4.69) is 45.0 Å². The predicted octanol–water partition coefficient (Wildman–Crippen LogP) is 3.52. The van der Waals surface area contributed by atoms with Gasteiger partial charge in [-0.05, 0) is 23.0 Å². The van der Waals surface area contributed by atoms with Gasteiger partial charge in [-0.3, -0.25) is 0 Å². The Bertz CT molecular complexity index is 272. The molecule has 0 fully saturated rings. The largest absolute Gasteiger partial charge is 0.380 e. The summed E-state index contributed by atoms with van der Waals surface area (Å²) in [5.74, 6) is 0. The Morgan fingerprint density at radius 3 is 2.14 bits per heavy atom. The molecule has 0 N–H and O–H groups in total. The SMILES string of the molecule is CCC(C)(C)c1ccc(COC)cc1. The van der Waals surface area contributed by atoms with Gasteiger partial charge in [-0.15, -0.1) is 0 Å². The van der Waals surface area contributed by atoms with Crippen LogP contribution in [0.25, 0.3) is 0 Å². The Balaban J connectivity index is 2.82. The first-order chi connectivity index (χ1) is 6.60. The molecule has 1 aromatic rings. The van der Waals surface area contributed by atoms with Gasteiger partial charge in [-0.25, -0.2) is 0 Å². The Morgan fingerprint density at radius 2 is 1.71 bits per heavy atom. The molecule has 1 heteroatoms. The molecule has 0 unspecified atom stereocenters. The molecule has 1 rings (SSSR count). The summed E-state index contributed by atoms with van der Waals surface area (Å²) in [6.07, 6.45) is 1.16. The van der Waals surface area contributed by atoms with E-state index in [0.29, 0.717) is 6.61 Å². The molecule has 78 valence electrons. The van der Waals surface area contributed by atoms with Gasteiger partial charge in [0.15, 0.2) is 0 Å². The highest BCUT2D eigenvalue weighted by Crippen LogP contribution is 2.26. The van der Waals surface area contributed by atoms with Gasteiger partial charge >= 0.3 is 0 Å². The van der Waals surface area contributed by atoms with E-state index in [1.165, 1.54) is 11.1 Å². The Hall–Kier alpha value is -0.820. The highest BCUT2D eigenvalue weighted by atomic mass is 16.5. The summed E-state index contributed by atoms with van der Waals surface area (Å²) in [6.45, 7) is 7.48. The summed E-state index contributed by atoms with van der Waals surface area (Å²) in [5.41, 5.74) is 2.93. The summed E-state index contributed by atoms with van der Waals surface area (Å²) >= 11 is 0. The van der Waals surface area contributed by atoms with Gasteiger partial charge in [0.1, 0.15) is 0 Å². The molecule has 0 aromatic heterocycles. The average Bonchev–Trinajstić information content (AvgIpc) is 2.19. The molecular formula is C13H20O. The van der Waals surface area contributed by atoms with Crippen molar-refractivity contribution in [1.29, 1.82) is 0 Å². The Labute approximate surface area is 87.1 Å². The van der Waals surface area contributed by atoms with Crippen molar-refractivity contribution in [2.75, 3.05) is 7.11 Å². The lowest BCUT2D eigenvalue weighted by Gasteiger charge is -2.23. The van der Waals surface area contributed by atoms with Gasteiger partial charge in [0.2, 0.25) is 0 Å². The maximum Gasteiger partial charge on any atom is 0.0713 e. The number of methoxy groups -OCH3 is 1. The third-order valence-corrected chi connectivity index (χ3v) is 2.93. The molecule has 0 saturated heterocycles. The van der Waals surface area contributed by atoms with E-state index >= 15 is 0 Å². The van der Waals surface area contributed by atoms with E-state index in [-0.39, 0.29) is 5.41 Å². The standard InChI is InChI=1S/C13H20O/c1-5-13(2,3)12-8-6-11(7-9-12)10-14-4/h6-9H,5,10H2,1-4H3. The molecule has 0 atom stereocenters. The molecule has 1 aromatic carbocycles. The monoisotopic (exact) mass is 192 g/mol. The first kappa shape index (κ1) is 11.3. The lowest BCUT2D eigenvalue weighted by Crippen LogP contribution is -2.15. The van der Waals surface area contributed by atoms with Gasteiger partial charge in [0.05, 0.1) is 6.61 Å². The minimum atomic E-state index is 0.283. The zero-order chi connectivity index (χ0) is 10.6. The normalized spacial score (nSPS) is 11.7. The highest BCUT2D eigenvalue weighted by Gasteiger charge is 2.17. The number of rotatable bonds is 4. The first-order valence-electron chi connectivity index (χ1n) is 5.18. The third kappa shape index (κ3) is 2.58. The van der Waals surface area contributed by atoms with Crippen LogP contribution in [0.15, 0.2) is 24.3 Å². The first-order valence-corrected chi connectivity index (χ1v) is 5.18. The molecule has 0 aliphatic rings. The van der Waals surface area contributed by atoms with Crippen LogP contribution in [0.2, 0.25) is 0 Å². The van der Waals surface area contributed by atoms with Crippen LogP contribution in [0, 0.1) is 0 Å². The predicted molar refractivity (Wildman–Crippen MR) is 60.5 cm³/mol. The molecule has 0 aliphatic heterocycles. The number of hydrogen-bond donors (Lipinski definition) is 0. The van der Waals surface area contributed by atoms with Crippen LogP contribution in [-0.4, -0.2) is 7.11 Å². The van der Waals surface area contributed by atoms with Crippen molar-refractivity contribution < 1.29 is 4.74 Å². The summed E-state index contributed by atoms with van der Waals surface area (Å²) in [5, 5.41) is 0. The second-order valence-electron chi connectivity index (χ2n) is 4.37. The van der Waals surface area contributed by atoms with Crippen LogP contribution >= 0.6 is 0 Å². The van der Waals surface area contributed by atoms with Crippen LogP contribution in [0.5, 0.6) is 0 Å². The molecule has 0 amide bonds. The van der Waals surface area contributed by atoms with E-state index in [1.54, 1.807) is 7.11 Å². The zero-order valence-corrected chi connectivity index (χ0v) is 9.63. The molecule has 14 heavy (non-hydrogen) atoms. The number of hydrogen-bond acceptors (Lipinski definition) is 1. The summed E-state index contributed by atoms with van der Waals surface area (Å²) in [4.78, 5) is 0. The maximum absolute atomic E-state index is 5.08. The van der Waals surface area contributed by atoms with Crippen molar-refractivity contribution in [3.8, 4) is 0 Å². The molecule has 0 heterocycles. The second-order valence-corrected chi connectivity index (χ2v) is 4.37. The van der Waals surface area contributed by atoms with Crippen molar-refractivity contribution in [2.24, 2.45) is 0 Å². The van der Waals surface area contributed by atoms with E-state index in [4.69, 9.17) is 4.74 Å². The van der Waals surface area contributed by atoms with E-state index in [0.717, 1.165) is 6.42 Å². The lowest BCUT2D eigenvalue weighted by molar-refractivity contribution is 0.185. The van der Waals surface area contributed by atoms with Gasteiger partial charge in [0.25, 0.3) is 0 Å². The van der Waals surface area contributed by atoms with E-state index in [1.807, 2.05) is 0 Å². The summed E-state index contributed by atoms with van der Waals surface area (Å²) in [6, 6.07) is 8.71. The molecule has 0 saturated carbocycles. The zero-order valence-electron chi connectivity index (χ0n) is 9.63. The van der Waals surface area contributed by atoms with Crippen LogP contribution in [0.3, 0.4) is 0 Å². The van der Waals surface area contributed by atoms with Crippen molar-refractivity contribution >= 4 is 0 Å². The fourth-order valence-electron chi connectivity index (χ4n) is 1.42. The van der Waals surface area contributed by atoms with Crippen molar-refractivity contribution in [1.82, 2.24) is 0 Å². The fraction of sp³-hybridized carbons (Fsp3) is 0.538. The molecule has 0 spiro atoms. The molecule has 0 bridgehead atoms. The van der Waals surface area contributed by atoms with Crippen molar-refractivity contribution in [3.05, 3.63) is 35.4 Å². The Morgan fingerprint density at radius 1 is 1.14 bits per heavy atom. The molecule has 0 radical (unpaired) electrons. The van der Waals surface area contributed by atoms with Crippen LogP contribution < -0.4 is 0 Å². The van der Waals surface area contributed by atoms with Crippen LogP contribution in [-0.2, 0) is 16.8 Å². The third-order valence-electron chi connectivity index (χ3n) is 2.93. The highest BCUT2D eigenvalue weighted by molar-refractivity contribution is 5.27. The summed E-state index contributed by atoms with van der Waals surface area (Å²) < 4.78 is 5.08. The minimum Gasteiger partial charge on any atom is -0.380 e. The van der Waals surface area contributed by atoms with Crippen molar-refractivity contribution in [3.63, 3.8) is 0 Å². The Kier molecular flexibility index (Phi) is 3.70. The van der Waals surface area contributed by atoms with E-state index < -0.39 is 0 Å². The van der Waals surface area contributed by atoms with Crippen LogP contribution in [0.4, 0.5) is 0 Å². The van der Waals surface area contributed by atoms with Gasteiger partial charge < -0.3 is 4.74 Å². The minimum absolute atomic E-state index is 0.283. The fourth-order valence-corrected chi connectivity index (χ4v) is 1.42. The quantitative estimate of drug-likeness (QED) is 0.709. The lowest BCUT2D eigenvalue weighted by atomic mass is 9.82. The maximum atomic E-state index is 5.08.